The van der Waals surface area contributed by atoms with Gasteiger partial charge in [0.05, 0.1) is 22.4 Å². The summed E-state index contributed by atoms with van der Waals surface area (Å²) in [5, 5.41) is 20.2. The fraction of sp³-hybridized carbons (Fsp3) is 0.333. The molecule has 0 saturated heterocycles. The first-order chi connectivity index (χ1) is 18.7. The number of ether oxygens (including phenoxy) is 1. The second kappa shape index (κ2) is 13.3. The summed E-state index contributed by atoms with van der Waals surface area (Å²) in [5.41, 5.74) is 1.27. The van der Waals surface area contributed by atoms with Gasteiger partial charge in [-0.3, -0.25) is 4.79 Å². The van der Waals surface area contributed by atoms with Gasteiger partial charge in [0.1, 0.15) is 5.60 Å². The molecule has 0 radical (unpaired) electrons. The molecule has 0 aliphatic heterocycles. The van der Waals surface area contributed by atoms with Gasteiger partial charge in [-0.15, -0.1) is 0 Å². The van der Waals surface area contributed by atoms with Gasteiger partial charge in [0.2, 0.25) is 9.84 Å². The zero-order valence-corrected chi connectivity index (χ0v) is 24.3. The molecule has 1 atom stereocenters. The molecule has 214 valence electrons. The van der Waals surface area contributed by atoms with Gasteiger partial charge in [0.15, 0.2) is 0 Å². The van der Waals surface area contributed by atoms with Crippen LogP contribution < -0.4 is 0 Å². The lowest BCUT2D eigenvalue weighted by Gasteiger charge is -2.29. The first-order valence-corrected chi connectivity index (χ1v) is 14.7. The molecule has 40 heavy (non-hydrogen) atoms. The van der Waals surface area contributed by atoms with Gasteiger partial charge in [-0.2, -0.15) is 0 Å². The van der Waals surface area contributed by atoms with Crippen LogP contribution in [0.2, 0.25) is 5.02 Å². The van der Waals surface area contributed by atoms with E-state index in [4.69, 9.17) is 21.4 Å². The highest BCUT2D eigenvalue weighted by molar-refractivity contribution is 7.91. The van der Waals surface area contributed by atoms with Crippen molar-refractivity contribution in [3.8, 4) is 0 Å². The summed E-state index contributed by atoms with van der Waals surface area (Å²) in [6, 6.07) is 19.4. The van der Waals surface area contributed by atoms with Gasteiger partial charge in [0, 0.05) is 18.0 Å². The average Bonchev–Trinajstić information content (AvgIpc) is 2.89. The number of amides is 1. The van der Waals surface area contributed by atoms with Crippen molar-refractivity contribution < 1.29 is 33.0 Å². The maximum atomic E-state index is 13.2. The molecule has 0 aliphatic rings. The summed E-state index contributed by atoms with van der Waals surface area (Å²) in [6.07, 6.45) is -1.01. The SMILES string of the molecule is CC(C)(C)OC(=O)N(CCc1ccc(S(=O)(=O)c2cccc(CCC(=O)O)c2)cc1)C[C@H](O)c1cccc(Cl)c1. The highest BCUT2D eigenvalue weighted by atomic mass is 35.5. The van der Waals surface area contributed by atoms with Crippen molar-refractivity contribution >= 4 is 33.5 Å². The molecule has 0 bridgehead atoms. The lowest BCUT2D eigenvalue weighted by Crippen LogP contribution is -2.40. The Morgan fingerprint density at radius 3 is 2.23 bits per heavy atom. The van der Waals surface area contributed by atoms with Gasteiger partial charge < -0.3 is 19.8 Å². The number of halogens is 1. The average molecular weight is 588 g/mol. The Hall–Kier alpha value is -3.40. The van der Waals surface area contributed by atoms with E-state index in [0.29, 0.717) is 22.6 Å². The van der Waals surface area contributed by atoms with Gasteiger partial charge >= 0.3 is 12.1 Å². The number of nitrogens with zero attached hydrogens (tertiary/aromatic N) is 1. The normalized spacial score (nSPS) is 12.5. The van der Waals surface area contributed by atoms with Crippen molar-refractivity contribution in [1.82, 2.24) is 4.90 Å². The van der Waals surface area contributed by atoms with E-state index < -0.39 is 33.6 Å². The van der Waals surface area contributed by atoms with Crippen LogP contribution in [-0.4, -0.2) is 54.3 Å². The second-order valence-corrected chi connectivity index (χ2v) is 12.8. The number of hydrogen-bond donors (Lipinski definition) is 2. The second-order valence-electron chi connectivity index (χ2n) is 10.4. The molecule has 0 saturated carbocycles. The predicted molar refractivity (Wildman–Crippen MR) is 152 cm³/mol. The Labute approximate surface area is 240 Å². The number of carboxylic acid groups (broad SMARTS) is 1. The first-order valence-electron chi connectivity index (χ1n) is 12.8. The summed E-state index contributed by atoms with van der Waals surface area (Å²) < 4.78 is 31.9. The molecule has 1 amide bonds. The van der Waals surface area contributed by atoms with Crippen LogP contribution in [0.5, 0.6) is 0 Å². The van der Waals surface area contributed by atoms with Gasteiger partial charge in [-0.05, 0) is 86.7 Å². The fourth-order valence-corrected chi connectivity index (χ4v) is 5.50. The number of carbonyl (C=O) groups excluding carboxylic acids is 1. The third kappa shape index (κ3) is 9.08. The van der Waals surface area contributed by atoms with Crippen molar-refractivity contribution in [2.45, 2.75) is 61.5 Å². The number of sulfone groups is 1. The molecule has 0 spiro atoms. The van der Waals surface area contributed by atoms with Crippen molar-refractivity contribution in [2.24, 2.45) is 0 Å². The molecule has 0 unspecified atom stereocenters. The van der Waals surface area contributed by atoms with Crippen LogP contribution in [0.15, 0.2) is 82.6 Å². The molecule has 0 aliphatic carbocycles. The topological polar surface area (TPSA) is 121 Å². The van der Waals surface area contributed by atoms with E-state index in [2.05, 4.69) is 0 Å². The highest BCUT2D eigenvalue weighted by Gasteiger charge is 2.25. The van der Waals surface area contributed by atoms with E-state index in [0.717, 1.165) is 5.56 Å². The Kier molecular flexibility index (Phi) is 10.4. The summed E-state index contributed by atoms with van der Waals surface area (Å²) >= 11 is 6.05. The Bertz CT molecular complexity index is 1430. The number of aliphatic hydroxyl groups excluding tert-OH is 1. The van der Waals surface area contributed by atoms with E-state index >= 15 is 0 Å². The minimum atomic E-state index is -3.81. The third-order valence-corrected chi connectivity index (χ3v) is 8.02. The predicted octanol–water partition coefficient (Wildman–Crippen LogP) is 5.70. The molecule has 0 heterocycles. The third-order valence-electron chi connectivity index (χ3n) is 6.02. The van der Waals surface area contributed by atoms with E-state index in [9.17, 15) is 23.1 Å². The van der Waals surface area contributed by atoms with Crippen LogP contribution in [0, 0.1) is 0 Å². The van der Waals surface area contributed by atoms with Crippen LogP contribution in [-0.2, 0) is 32.2 Å². The number of carbonyl (C=O) groups is 2. The van der Waals surface area contributed by atoms with Crippen LogP contribution in [0.3, 0.4) is 0 Å². The maximum absolute atomic E-state index is 13.2. The minimum absolute atomic E-state index is 0.0140. The van der Waals surface area contributed by atoms with Gasteiger partial charge in [-0.1, -0.05) is 48.0 Å². The van der Waals surface area contributed by atoms with Crippen molar-refractivity contribution in [2.75, 3.05) is 13.1 Å². The van der Waals surface area contributed by atoms with E-state index in [1.165, 1.54) is 29.2 Å². The molecular formula is C30H34ClNO7S. The number of benzene rings is 3. The summed E-state index contributed by atoms with van der Waals surface area (Å²) in [7, 11) is -3.81. The van der Waals surface area contributed by atoms with E-state index in [1.54, 1.807) is 69.3 Å². The number of hydrogen-bond acceptors (Lipinski definition) is 6. The number of carboxylic acids is 1. The Morgan fingerprint density at radius 1 is 0.925 bits per heavy atom. The lowest BCUT2D eigenvalue weighted by atomic mass is 10.1. The summed E-state index contributed by atoms with van der Waals surface area (Å²) in [4.78, 5) is 25.4. The monoisotopic (exact) mass is 587 g/mol. The lowest BCUT2D eigenvalue weighted by molar-refractivity contribution is -0.136. The highest BCUT2D eigenvalue weighted by Crippen LogP contribution is 2.24. The van der Waals surface area contributed by atoms with Crippen LogP contribution in [0.1, 0.15) is 50.0 Å². The van der Waals surface area contributed by atoms with E-state index in [1.807, 2.05) is 0 Å². The fourth-order valence-electron chi connectivity index (χ4n) is 3.97. The van der Waals surface area contributed by atoms with Gasteiger partial charge in [0.25, 0.3) is 0 Å². The molecule has 2 N–H and O–H groups in total. The van der Waals surface area contributed by atoms with Crippen LogP contribution in [0.4, 0.5) is 4.79 Å². The largest absolute Gasteiger partial charge is 0.481 e. The molecular weight excluding hydrogens is 554 g/mol. The molecule has 0 fully saturated rings. The zero-order chi connectivity index (χ0) is 29.5. The van der Waals surface area contributed by atoms with Crippen molar-refractivity contribution in [1.29, 1.82) is 0 Å². The molecule has 10 heteroatoms. The van der Waals surface area contributed by atoms with Crippen LogP contribution >= 0.6 is 11.6 Å². The number of rotatable bonds is 11. The van der Waals surface area contributed by atoms with Crippen molar-refractivity contribution in [3.63, 3.8) is 0 Å². The number of aliphatic hydroxyl groups is 1. The Morgan fingerprint density at radius 2 is 1.60 bits per heavy atom. The summed E-state index contributed by atoms with van der Waals surface area (Å²) in [5.74, 6) is -0.951. The smallest absolute Gasteiger partial charge is 0.410 e. The Balaban J connectivity index is 1.73. The summed E-state index contributed by atoms with van der Waals surface area (Å²) in [6.45, 7) is 5.50. The molecule has 0 aromatic heterocycles. The van der Waals surface area contributed by atoms with Crippen LogP contribution in [0.25, 0.3) is 0 Å². The quantitative estimate of drug-likeness (QED) is 0.295. The molecule has 3 aromatic carbocycles. The van der Waals surface area contributed by atoms with Gasteiger partial charge in [-0.25, -0.2) is 13.2 Å². The first kappa shape index (κ1) is 31.1. The minimum Gasteiger partial charge on any atom is -0.481 e. The molecule has 3 rings (SSSR count). The molecule has 3 aromatic rings. The molecule has 8 nitrogen and oxygen atoms in total. The number of aliphatic carboxylic acids is 1. The zero-order valence-electron chi connectivity index (χ0n) is 22.7. The standard InChI is InChI=1S/C30H34ClNO7S/c1-30(2,3)39-29(36)32(20-27(33)23-7-5-8-24(31)19-23)17-16-21-10-13-25(14-11-21)40(37,38)26-9-4-6-22(18-26)12-15-28(34)35/h4-11,13-14,18-19,27,33H,12,15-17,20H2,1-3H3,(H,34,35)/t27-/m0/s1. The van der Waals surface area contributed by atoms with Crippen molar-refractivity contribution in [3.05, 3.63) is 94.5 Å². The van der Waals surface area contributed by atoms with E-state index in [-0.39, 0.29) is 35.7 Å². The number of aryl methyl sites for hydroxylation is 1. The maximum Gasteiger partial charge on any atom is 0.410 e.